The Morgan fingerprint density at radius 1 is 1.12 bits per heavy atom. The van der Waals surface area contributed by atoms with Gasteiger partial charge < -0.3 is 10.0 Å². The summed E-state index contributed by atoms with van der Waals surface area (Å²) in [7, 11) is 0. The molecule has 2 aromatic rings. The summed E-state index contributed by atoms with van der Waals surface area (Å²) >= 11 is 0. The van der Waals surface area contributed by atoms with E-state index in [0.717, 1.165) is 44.2 Å². The van der Waals surface area contributed by atoms with Gasteiger partial charge in [-0.15, -0.1) is 0 Å². The monoisotopic (exact) mass is 321 g/mol. The van der Waals surface area contributed by atoms with Crippen molar-refractivity contribution in [3.63, 3.8) is 0 Å². The minimum Gasteiger partial charge on any atom is -0.396 e. The van der Waals surface area contributed by atoms with Gasteiger partial charge in [-0.25, -0.2) is 0 Å². The highest BCUT2D eigenvalue weighted by Gasteiger charge is 2.29. The molecule has 124 valence electrons. The summed E-state index contributed by atoms with van der Waals surface area (Å²) in [5.41, 5.74) is 5.97. The van der Waals surface area contributed by atoms with E-state index in [9.17, 15) is 4.79 Å². The van der Waals surface area contributed by atoms with Crippen molar-refractivity contribution in [2.75, 3.05) is 13.2 Å². The number of carbonyl (C=O) groups excluding carboxylic acids is 1. The van der Waals surface area contributed by atoms with Crippen LogP contribution in [0.15, 0.2) is 42.5 Å². The van der Waals surface area contributed by atoms with Crippen LogP contribution in [0, 0.1) is 0 Å². The number of fused-ring (bicyclic) bond motifs is 3. The maximum absolute atomic E-state index is 13.0. The largest absolute Gasteiger partial charge is 0.396 e. The molecule has 1 unspecified atom stereocenters. The van der Waals surface area contributed by atoms with Crippen LogP contribution in [0.4, 0.5) is 0 Å². The maximum atomic E-state index is 13.0. The van der Waals surface area contributed by atoms with E-state index in [1.807, 2.05) is 11.0 Å². The molecule has 1 aliphatic heterocycles. The second-order valence-corrected chi connectivity index (χ2v) is 6.87. The molecule has 0 aromatic heterocycles. The second-order valence-electron chi connectivity index (χ2n) is 6.87. The van der Waals surface area contributed by atoms with Crippen molar-refractivity contribution in [3.05, 3.63) is 59.2 Å². The van der Waals surface area contributed by atoms with Crippen LogP contribution in [0.25, 0.3) is 11.1 Å². The van der Waals surface area contributed by atoms with Gasteiger partial charge in [-0.3, -0.25) is 4.79 Å². The predicted octanol–water partition coefficient (Wildman–Crippen LogP) is 3.63. The van der Waals surface area contributed by atoms with Crippen molar-refractivity contribution < 1.29 is 9.90 Å². The summed E-state index contributed by atoms with van der Waals surface area (Å²) in [5.74, 6) is 0.147. The van der Waals surface area contributed by atoms with Crippen LogP contribution in [0.2, 0.25) is 0 Å². The lowest BCUT2D eigenvalue weighted by Crippen LogP contribution is -2.35. The highest BCUT2D eigenvalue weighted by atomic mass is 16.3. The third-order valence-corrected chi connectivity index (χ3v) is 5.37. The Hall–Kier alpha value is -2.13. The van der Waals surface area contributed by atoms with E-state index in [4.69, 9.17) is 5.11 Å². The Morgan fingerprint density at radius 3 is 2.83 bits per heavy atom. The standard InChI is InChI=1S/C21H23NO2/c23-12-4-7-18-6-3-11-22(18)21(24)16-9-10-20-17(14-16)13-15-5-1-2-8-19(15)20/h1-2,5,8-10,14,18,23H,3-4,6-7,11-13H2. The highest BCUT2D eigenvalue weighted by molar-refractivity contribution is 5.96. The highest BCUT2D eigenvalue weighted by Crippen LogP contribution is 2.37. The van der Waals surface area contributed by atoms with E-state index in [2.05, 4.69) is 36.4 Å². The molecule has 0 saturated carbocycles. The fourth-order valence-corrected chi connectivity index (χ4v) is 4.17. The minimum absolute atomic E-state index is 0.147. The van der Waals surface area contributed by atoms with Gasteiger partial charge in [-0.05, 0) is 66.5 Å². The Kier molecular flexibility index (Phi) is 4.11. The van der Waals surface area contributed by atoms with E-state index in [1.165, 1.54) is 22.3 Å². The van der Waals surface area contributed by atoms with E-state index in [0.29, 0.717) is 0 Å². The second kappa shape index (κ2) is 6.40. The molecule has 0 radical (unpaired) electrons. The summed E-state index contributed by atoms with van der Waals surface area (Å²) < 4.78 is 0. The summed E-state index contributed by atoms with van der Waals surface area (Å²) in [6.07, 6.45) is 4.72. The number of likely N-dealkylation sites (tertiary alicyclic amines) is 1. The first-order chi connectivity index (χ1) is 11.8. The van der Waals surface area contributed by atoms with Crippen LogP contribution in [-0.4, -0.2) is 35.1 Å². The van der Waals surface area contributed by atoms with Crippen LogP contribution in [-0.2, 0) is 6.42 Å². The topological polar surface area (TPSA) is 40.5 Å². The molecule has 0 spiro atoms. The van der Waals surface area contributed by atoms with E-state index < -0.39 is 0 Å². The molecule has 2 aromatic carbocycles. The Labute approximate surface area is 142 Å². The van der Waals surface area contributed by atoms with Gasteiger partial charge in [0.05, 0.1) is 0 Å². The van der Waals surface area contributed by atoms with Gasteiger partial charge in [-0.2, -0.15) is 0 Å². The predicted molar refractivity (Wildman–Crippen MR) is 95.1 cm³/mol. The molecular formula is C21H23NO2. The van der Waals surface area contributed by atoms with Gasteiger partial charge in [0, 0.05) is 24.8 Å². The molecule has 1 atom stereocenters. The fourth-order valence-electron chi connectivity index (χ4n) is 4.17. The van der Waals surface area contributed by atoms with Crippen molar-refractivity contribution in [2.45, 2.75) is 38.1 Å². The quantitative estimate of drug-likeness (QED) is 0.797. The molecule has 24 heavy (non-hydrogen) atoms. The van der Waals surface area contributed by atoms with Crippen molar-refractivity contribution >= 4 is 5.91 Å². The van der Waals surface area contributed by atoms with E-state index >= 15 is 0 Å². The van der Waals surface area contributed by atoms with Crippen LogP contribution in [0.1, 0.15) is 47.2 Å². The lowest BCUT2D eigenvalue weighted by Gasteiger charge is -2.25. The Morgan fingerprint density at radius 2 is 1.96 bits per heavy atom. The van der Waals surface area contributed by atoms with E-state index in [1.54, 1.807) is 0 Å². The molecule has 1 saturated heterocycles. The third-order valence-electron chi connectivity index (χ3n) is 5.37. The average Bonchev–Trinajstić information content (AvgIpc) is 3.22. The van der Waals surface area contributed by atoms with Gasteiger partial charge >= 0.3 is 0 Å². The summed E-state index contributed by atoms with van der Waals surface area (Å²) in [5, 5.41) is 9.06. The minimum atomic E-state index is 0.147. The van der Waals surface area contributed by atoms with Crippen LogP contribution in [0.5, 0.6) is 0 Å². The molecule has 1 N–H and O–H groups in total. The summed E-state index contributed by atoms with van der Waals surface area (Å²) in [4.78, 5) is 15.0. The molecule has 1 fully saturated rings. The lowest BCUT2D eigenvalue weighted by atomic mass is 10.0. The molecule has 4 rings (SSSR count). The van der Waals surface area contributed by atoms with Crippen LogP contribution in [0.3, 0.4) is 0 Å². The number of aliphatic hydroxyl groups excluding tert-OH is 1. The molecule has 1 amide bonds. The molecule has 2 aliphatic rings. The van der Waals surface area contributed by atoms with Gasteiger partial charge in [0.1, 0.15) is 0 Å². The maximum Gasteiger partial charge on any atom is 0.254 e. The van der Waals surface area contributed by atoms with E-state index in [-0.39, 0.29) is 18.6 Å². The number of carbonyl (C=O) groups is 1. The smallest absolute Gasteiger partial charge is 0.254 e. The summed E-state index contributed by atoms with van der Waals surface area (Å²) in [6.45, 7) is 1.04. The number of amides is 1. The molecular weight excluding hydrogens is 298 g/mol. The Bertz CT molecular complexity index is 768. The molecule has 3 nitrogen and oxygen atoms in total. The first kappa shape index (κ1) is 15.4. The van der Waals surface area contributed by atoms with Gasteiger partial charge in [0.15, 0.2) is 0 Å². The van der Waals surface area contributed by atoms with Crippen molar-refractivity contribution in [2.24, 2.45) is 0 Å². The molecule has 0 bridgehead atoms. The zero-order valence-electron chi connectivity index (χ0n) is 13.9. The number of benzene rings is 2. The Balaban J connectivity index is 1.57. The average molecular weight is 321 g/mol. The zero-order valence-corrected chi connectivity index (χ0v) is 13.9. The van der Waals surface area contributed by atoms with Gasteiger partial charge in [0.2, 0.25) is 0 Å². The number of hydrogen-bond donors (Lipinski definition) is 1. The van der Waals surface area contributed by atoms with Crippen molar-refractivity contribution in [3.8, 4) is 11.1 Å². The van der Waals surface area contributed by atoms with Gasteiger partial charge in [-0.1, -0.05) is 30.3 Å². The first-order valence-corrected chi connectivity index (χ1v) is 8.91. The van der Waals surface area contributed by atoms with Crippen molar-refractivity contribution in [1.82, 2.24) is 4.90 Å². The fraction of sp³-hybridized carbons (Fsp3) is 0.381. The SMILES string of the molecule is O=C(c1ccc2c(c1)Cc1ccccc1-2)N1CCCC1CCCO. The third kappa shape index (κ3) is 2.63. The van der Waals surface area contributed by atoms with Gasteiger partial charge in [0.25, 0.3) is 5.91 Å². The molecule has 1 aliphatic carbocycles. The zero-order chi connectivity index (χ0) is 16.5. The number of hydrogen-bond acceptors (Lipinski definition) is 2. The summed E-state index contributed by atoms with van der Waals surface area (Å²) in [6, 6.07) is 14.9. The normalized spacial score (nSPS) is 18.5. The number of aliphatic hydroxyl groups is 1. The van der Waals surface area contributed by atoms with Crippen LogP contribution < -0.4 is 0 Å². The lowest BCUT2D eigenvalue weighted by molar-refractivity contribution is 0.0724. The van der Waals surface area contributed by atoms with Crippen molar-refractivity contribution in [1.29, 1.82) is 0 Å². The first-order valence-electron chi connectivity index (χ1n) is 8.91. The molecule has 1 heterocycles. The number of rotatable bonds is 4. The molecule has 3 heteroatoms. The van der Waals surface area contributed by atoms with Crippen LogP contribution >= 0.6 is 0 Å². The number of nitrogens with zero attached hydrogens (tertiary/aromatic N) is 1.